The van der Waals surface area contributed by atoms with E-state index in [9.17, 15) is 0 Å². The predicted octanol–water partition coefficient (Wildman–Crippen LogP) is 3.03. The summed E-state index contributed by atoms with van der Waals surface area (Å²) in [6, 6.07) is 3.82. The van der Waals surface area contributed by atoms with E-state index in [1.807, 2.05) is 12.1 Å². The summed E-state index contributed by atoms with van der Waals surface area (Å²) in [5.41, 5.74) is 8.16. The minimum absolute atomic E-state index is 0.402. The normalized spacial score (nSPS) is 20.3. The van der Waals surface area contributed by atoms with Gasteiger partial charge in [0.2, 0.25) is 0 Å². The summed E-state index contributed by atoms with van der Waals surface area (Å²) in [5, 5.41) is 3.48. The lowest BCUT2D eigenvalue weighted by Crippen LogP contribution is -2.23. The molecule has 4 nitrogen and oxygen atoms in total. The highest BCUT2D eigenvalue weighted by Crippen LogP contribution is 2.40. The molecular weight excluding hydrogens is 240 g/mol. The van der Waals surface area contributed by atoms with Crippen molar-refractivity contribution in [2.24, 2.45) is 5.41 Å². The highest BCUT2D eigenvalue weighted by atomic mass is 16.6. The first-order chi connectivity index (χ1) is 9.16. The first-order valence-corrected chi connectivity index (χ1v) is 7.09. The number of nitrogens with one attached hydrogen (secondary N) is 1. The molecule has 1 fully saturated rings. The van der Waals surface area contributed by atoms with Gasteiger partial charge in [-0.1, -0.05) is 19.8 Å². The maximum atomic E-state index is 6.07. The maximum absolute atomic E-state index is 6.07. The fraction of sp³-hybridized carbons (Fsp3) is 0.600. The zero-order valence-corrected chi connectivity index (χ0v) is 11.5. The molecule has 1 heterocycles. The molecule has 4 heteroatoms. The molecule has 0 amide bonds. The van der Waals surface area contributed by atoms with Gasteiger partial charge in [0.15, 0.2) is 11.5 Å². The summed E-state index contributed by atoms with van der Waals surface area (Å²) in [5.74, 6) is 1.54. The van der Waals surface area contributed by atoms with Gasteiger partial charge in [0, 0.05) is 18.7 Å². The molecule has 3 rings (SSSR count). The predicted molar refractivity (Wildman–Crippen MR) is 76.9 cm³/mol. The fourth-order valence-electron chi connectivity index (χ4n) is 2.97. The largest absolute Gasteiger partial charge is 0.486 e. The van der Waals surface area contributed by atoms with Crippen molar-refractivity contribution in [2.75, 3.05) is 30.8 Å². The molecule has 1 aliphatic heterocycles. The standard InChI is InChI=1S/C15H22N2O2/c1-15(4-2-3-5-15)10-17-12-9-14-13(8-11(12)16)18-6-7-19-14/h8-9,17H,2-7,10,16H2,1H3. The molecule has 104 valence electrons. The van der Waals surface area contributed by atoms with E-state index >= 15 is 0 Å². The number of benzene rings is 1. The van der Waals surface area contributed by atoms with Crippen LogP contribution in [-0.2, 0) is 0 Å². The highest BCUT2D eigenvalue weighted by molar-refractivity contribution is 5.72. The van der Waals surface area contributed by atoms with Crippen LogP contribution in [0, 0.1) is 5.41 Å². The molecular formula is C15H22N2O2. The second-order valence-corrected chi connectivity index (χ2v) is 5.95. The van der Waals surface area contributed by atoms with Crippen LogP contribution in [0.2, 0.25) is 0 Å². The van der Waals surface area contributed by atoms with Crippen molar-refractivity contribution >= 4 is 11.4 Å². The quantitative estimate of drug-likeness (QED) is 0.822. The van der Waals surface area contributed by atoms with Crippen molar-refractivity contribution in [2.45, 2.75) is 32.6 Å². The molecule has 1 saturated carbocycles. The molecule has 1 aromatic carbocycles. The van der Waals surface area contributed by atoms with Gasteiger partial charge in [-0.2, -0.15) is 0 Å². The summed E-state index contributed by atoms with van der Waals surface area (Å²) in [4.78, 5) is 0. The van der Waals surface area contributed by atoms with Gasteiger partial charge in [-0.15, -0.1) is 0 Å². The van der Waals surface area contributed by atoms with Crippen molar-refractivity contribution in [3.8, 4) is 11.5 Å². The molecule has 1 aliphatic carbocycles. The summed E-state index contributed by atoms with van der Waals surface area (Å²) >= 11 is 0. The average Bonchev–Trinajstić information content (AvgIpc) is 2.84. The molecule has 0 aromatic heterocycles. The van der Waals surface area contributed by atoms with Gasteiger partial charge >= 0.3 is 0 Å². The highest BCUT2D eigenvalue weighted by Gasteiger charge is 2.28. The monoisotopic (exact) mass is 262 g/mol. The molecule has 0 atom stereocenters. The summed E-state index contributed by atoms with van der Waals surface area (Å²) in [7, 11) is 0. The Bertz CT molecular complexity index is 467. The third-order valence-electron chi connectivity index (χ3n) is 4.23. The van der Waals surface area contributed by atoms with Crippen LogP contribution in [0.3, 0.4) is 0 Å². The Hall–Kier alpha value is -1.58. The van der Waals surface area contributed by atoms with E-state index in [1.165, 1.54) is 25.7 Å². The number of anilines is 2. The third kappa shape index (κ3) is 2.57. The van der Waals surface area contributed by atoms with Crippen LogP contribution < -0.4 is 20.5 Å². The minimum atomic E-state index is 0.402. The van der Waals surface area contributed by atoms with Crippen LogP contribution in [0.1, 0.15) is 32.6 Å². The van der Waals surface area contributed by atoms with Crippen molar-refractivity contribution in [1.82, 2.24) is 0 Å². The topological polar surface area (TPSA) is 56.5 Å². The van der Waals surface area contributed by atoms with Gasteiger partial charge in [-0.25, -0.2) is 0 Å². The summed E-state index contributed by atoms with van der Waals surface area (Å²) in [6.07, 6.45) is 5.28. The Kier molecular flexibility index (Phi) is 3.17. The van der Waals surface area contributed by atoms with Crippen molar-refractivity contribution < 1.29 is 9.47 Å². The molecule has 0 radical (unpaired) electrons. The molecule has 0 saturated heterocycles. The number of hydrogen-bond donors (Lipinski definition) is 2. The van der Waals surface area contributed by atoms with Gasteiger partial charge in [-0.3, -0.25) is 0 Å². The molecule has 3 N–H and O–H groups in total. The van der Waals surface area contributed by atoms with E-state index in [-0.39, 0.29) is 0 Å². The van der Waals surface area contributed by atoms with E-state index in [0.29, 0.717) is 18.6 Å². The van der Waals surface area contributed by atoms with Crippen LogP contribution in [0.4, 0.5) is 11.4 Å². The molecule has 2 aliphatic rings. The number of ether oxygens (including phenoxy) is 2. The fourth-order valence-corrected chi connectivity index (χ4v) is 2.97. The Morgan fingerprint density at radius 3 is 2.47 bits per heavy atom. The molecule has 0 spiro atoms. The van der Waals surface area contributed by atoms with Gasteiger partial charge in [0.25, 0.3) is 0 Å². The van der Waals surface area contributed by atoms with Crippen LogP contribution >= 0.6 is 0 Å². The van der Waals surface area contributed by atoms with Gasteiger partial charge in [0.1, 0.15) is 13.2 Å². The molecule has 19 heavy (non-hydrogen) atoms. The van der Waals surface area contributed by atoms with Gasteiger partial charge in [-0.05, 0) is 18.3 Å². The van der Waals surface area contributed by atoms with Gasteiger partial charge in [0.05, 0.1) is 11.4 Å². The van der Waals surface area contributed by atoms with Crippen molar-refractivity contribution in [3.05, 3.63) is 12.1 Å². The Morgan fingerprint density at radius 2 is 1.79 bits per heavy atom. The van der Waals surface area contributed by atoms with Crippen molar-refractivity contribution in [3.63, 3.8) is 0 Å². The lowest BCUT2D eigenvalue weighted by atomic mass is 9.89. The van der Waals surface area contributed by atoms with Crippen LogP contribution in [-0.4, -0.2) is 19.8 Å². The number of hydrogen-bond acceptors (Lipinski definition) is 4. The summed E-state index contributed by atoms with van der Waals surface area (Å²) < 4.78 is 11.1. The Morgan fingerprint density at radius 1 is 1.16 bits per heavy atom. The van der Waals surface area contributed by atoms with Crippen molar-refractivity contribution in [1.29, 1.82) is 0 Å². The molecule has 0 bridgehead atoms. The van der Waals surface area contributed by atoms with Crippen LogP contribution in [0.15, 0.2) is 12.1 Å². The Labute approximate surface area is 114 Å². The number of nitrogens with two attached hydrogens (primary N) is 1. The molecule has 1 aromatic rings. The average molecular weight is 262 g/mol. The third-order valence-corrected chi connectivity index (χ3v) is 4.23. The second kappa shape index (κ2) is 4.83. The van der Waals surface area contributed by atoms with E-state index in [1.54, 1.807) is 0 Å². The van der Waals surface area contributed by atoms with Crippen LogP contribution in [0.25, 0.3) is 0 Å². The van der Waals surface area contributed by atoms with Crippen LogP contribution in [0.5, 0.6) is 11.5 Å². The molecule has 0 unspecified atom stereocenters. The summed E-state index contributed by atoms with van der Waals surface area (Å²) in [6.45, 7) is 4.52. The smallest absolute Gasteiger partial charge is 0.163 e. The Balaban J connectivity index is 1.73. The SMILES string of the molecule is CC1(CNc2cc3c(cc2N)OCCO3)CCCC1. The maximum Gasteiger partial charge on any atom is 0.163 e. The van der Waals surface area contributed by atoms with E-state index in [2.05, 4.69) is 12.2 Å². The number of nitrogen functional groups attached to an aromatic ring is 1. The van der Waals surface area contributed by atoms with Gasteiger partial charge < -0.3 is 20.5 Å². The van der Waals surface area contributed by atoms with E-state index in [4.69, 9.17) is 15.2 Å². The minimum Gasteiger partial charge on any atom is -0.486 e. The first-order valence-electron chi connectivity index (χ1n) is 7.09. The first kappa shape index (κ1) is 12.5. The van der Waals surface area contributed by atoms with E-state index < -0.39 is 0 Å². The number of fused-ring (bicyclic) bond motifs is 1. The lowest BCUT2D eigenvalue weighted by Gasteiger charge is -2.26. The second-order valence-electron chi connectivity index (χ2n) is 5.95. The van der Waals surface area contributed by atoms with E-state index in [0.717, 1.165) is 29.4 Å². The lowest BCUT2D eigenvalue weighted by molar-refractivity contribution is 0.172. The zero-order valence-electron chi connectivity index (χ0n) is 11.5. The number of rotatable bonds is 3. The zero-order chi connectivity index (χ0) is 13.3.